The minimum atomic E-state index is -1.84. The number of hydrogen-bond acceptors (Lipinski definition) is 8. The molecule has 1 aromatic rings. The molecule has 25 heavy (non-hydrogen) atoms. The number of nitrogen functional groups attached to an aromatic ring is 1. The van der Waals surface area contributed by atoms with Gasteiger partial charge >= 0.3 is 11.7 Å². The molecule has 2 rings (SSSR count). The fourth-order valence-corrected chi connectivity index (χ4v) is 2.65. The molecule has 11 heteroatoms. The van der Waals surface area contributed by atoms with E-state index in [-0.39, 0.29) is 5.82 Å². The number of carbonyl (C=O) groups excluding carboxylic acids is 1. The zero-order chi connectivity index (χ0) is 18.8. The molecule has 136 valence electrons. The van der Waals surface area contributed by atoms with E-state index in [0.717, 1.165) is 4.57 Å². The van der Waals surface area contributed by atoms with Crippen LogP contribution in [0.4, 0.5) is 5.82 Å². The van der Waals surface area contributed by atoms with Crippen LogP contribution in [0.3, 0.4) is 0 Å². The van der Waals surface area contributed by atoms with Gasteiger partial charge in [0.15, 0.2) is 0 Å². The monoisotopic (exact) mass is 352 g/mol. The number of nitrogens with zero attached hydrogens (tertiary/aromatic N) is 5. The first kappa shape index (κ1) is 18.7. The average molecular weight is 352 g/mol. The van der Waals surface area contributed by atoms with Crippen molar-refractivity contribution in [1.29, 1.82) is 0 Å². The Bertz CT molecular complexity index is 758. The first-order valence-corrected chi connectivity index (χ1v) is 7.66. The van der Waals surface area contributed by atoms with Gasteiger partial charge in [0.1, 0.15) is 18.1 Å². The number of hydrogen-bond donors (Lipinski definition) is 2. The van der Waals surface area contributed by atoms with Gasteiger partial charge in [-0.3, -0.25) is 9.36 Å². The summed E-state index contributed by atoms with van der Waals surface area (Å²) in [5, 5.41) is 13.3. The zero-order valence-electron chi connectivity index (χ0n) is 14.1. The number of azide groups is 1. The summed E-state index contributed by atoms with van der Waals surface area (Å²) in [6.45, 7) is 4.20. The maximum atomic E-state index is 12.1. The van der Waals surface area contributed by atoms with Crippen LogP contribution in [0.5, 0.6) is 0 Å². The van der Waals surface area contributed by atoms with E-state index < -0.39 is 48.2 Å². The standard InChI is InChI=1S/C14H20N6O5/c1-7(2)12(22)24-10-8(3)11(25-14(10,6-21)18-19-16)20-5-4-9(15)17-13(20)23/h4-5,7-8,10-11,21H,6H2,1-3H3,(H2,15,17,23). The van der Waals surface area contributed by atoms with Gasteiger partial charge in [0, 0.05) is 17.0 Å². The molecule has 3 N–H and O–H groups in total. The van der Waals surface area contributed by atoms with Crippen molar-refractivity contribution in [3.63, 3.8) is 0 Å². The van der Waals surface area contributed by atoms with E-state index in [9.17, 15) is 14.7 Å². The van der Waals surface area contributed by atoms with Crippen molar-refractivity contribution in [2.24, 2.45) is 17.0 Å². The Morgan fingerprint density at radius 2 is 2.36 bits per heavy atom. The lowest BCUT2D eigenvalue weighted by Crippen LogP contribution is -2.45. The van der Waals surface area contributed by atoms with Crippen molar-refractivity contribution >= 4 is 11.8 Å². The van der Waals surface area contributed by atoms with Gasteiger partial charge in [-0.25, -0.2) is 4.79 Å². The minimum absolute atomic E-state index is 0.0400. The predicted molar refractivity (Wildman–Crippen MR) is 85.9 cm³/mol. The molecule has 0 amide bonds. The molecule has 1 aliphatic heterocycles. The molecule has 4 atom stereocenters. The second-order valence-corrected chi connectivity index (χ2v) is 6.11. The van der Waals surface area contributed by atoms with Crippen molar-refractivity contribution in [2.75, 3.05) is 12.3 Å². The van der Waals surface area contributed by atoms with Crippen LogP contribution < -0.4 is 11.4 Å². The van der Waals surface area contributed by atoms with Crippen LogP contribution in [-0.4, -0.2) is 39.1 Å². The molecule has 0 aliphatic carbocycles. The summed E-state index contributed by atoms with van der Waals surface area (Å²) in [5.74, 6) is -1.55. The van der Waals surface area contributed by atoms with Crippen LogP contribution in [0.15, 0.2) is 22.2 Å². The van der Waals surface area contributed by atoms with Crippen LogP contribution in [0.25, 0.3) is 10.4 Å². The fourth-order valence-electron chi connectivity index (χ4n) is 2.65. The molecule has 11 nitrogen and oxygen atoms in total. The van der Waals surface area contributed by atoms with Gasteiger partial charge in [-0.1, -0.05) is 25.9 Å². The highest BCUT2D eigenvalue weighted by Gasteiger charge is 2.56. The molecule has 1 aliphatic rings. The van der Waals surface area contributed by atoms with Crippen molar-refractivity contribution in [3.05, 3.63) is 33.2 Å². The Labute approximate surface area is 143 Å². The van der Waals surface area contributed by atoms with Crippen LogP contribution in [0, 0.1) is 11.8 Å². The van der Waals surface area contributed by atoms with Crippen molar-refractivity contribution < 1.29 is 19.4 Å². The van der Waals surface area contributed by atoms with Gasteiger partial charge in [-0.15, -0.1) is 0 Å². The van der Waals surface area contributed by atoms with Crippen molar-refractivity contribution in [3.8, 4) is 0 Å². The second-order valence-electron chi connectivity index (χ2n) is 6.11. The number of nitrogens with two attached hydrogens (primary N) is 1. The summed E-state index contributed by atoms with van der Waals surface area (Å²) in [6.07, 6.45) is -0.683. The maximum Gasteiger partial charge on any atom is 0.351 e. The first-order chi connectivity index (χ1) is 11.8. The molecule has 0 radical (unpaired) electrons. The van der Waals surface area contributed by atoms with E-state index in [4.69, 9.17) is 20.7 Å². The van der Waals surface area contributed by atoms with E-state index >= 15 is 0 Å². The van der Waals surface area contributed by atoms with Crippen LogP contribution in [0.2, 0.25) is 0 Å². The number of anilines is 1. The summed E-state index contributed by atoms with van der Waals surface area (Å²) < 4.78 is 12.2. The predicted octanol–water partition coefficient (Wildman–Crippen LogP) is 0.557. The van der Waals surface area contributed by atoms with Gasteiger partial charge in [-0.2, -0.15) is 4.98 Å². The quantitative estimate of drug-likeness (QED) is 0.338. The van der Waals surface area contributed by atoms with Gasteiger partial charge in [-0.05, 0) is 11.6 Å². The molecule has 1 saturated heterocycles. The van der Waals surface area contributed by atoms with Crippen LogP contribution >= 0.6 is 0 Å². The van der Waals surface area contributed by atoms with E-state index in [1.807, 2.05) is 0 Å². The van der Waals surface area contributed by atoms with Crippen molar-refractivity contribution in [1.82, 2.24) is 9.55 Å². The normalized spacial score (nSPS) is 28.6. The lowest BCUT2D eigenvalue weighted by molar-refractivity contribution is -0.170. The molecule has 0 spiro atoms. The van der Waals surface area contributed by atoms with Gasteiger partial charge < -0.3 is 20.3 Å². The van der Waals surface area contributed by atoms with Crippen molar-refractivity contribution in [2.45, 2.75) is 38.8 Å². The molecular formula is C14H20N6O5. The Balaban J connectivity index is 2.47. The molecule has 0 bridgehead atoms. The third-order valence-electron chi connectivity index (χ3n) is 3.98. The summed E-state index contributed by atoms with van der Waals surface area (Å²) >= 11 is 0. The smallest absolute Gasteiger partial charge is 0.351 e. The van der Waals surface area contributed by atoms with Crippen LogP contribution in [-0.2, 0) is 14.3 Å². The number of ether oxygens (including phenoxy) is 2. The molecule has 0 aromatic carbocycles. The molecule has 1 fully saturated rings. The molecular weight excluding hydrogens is 332 g/mol. The highest BCUT2D eigenvalue weighted by molar-refractivity contribution is 5.71. The number of aliphatic hydroxyl groups excluding tert-OH is 1. The number of esters is 1. The second kappa shape index (κ2) is 7.09. The van der Waals surface area contributed by atoms with Gasteiger partial charge in [0.25, 0.3) is 0 Å². The lowest BCUT2D eigenvalue weighted by Gasteiger charge is -2.28. The Hall–Kier alpha value is -2.62. The van der Waals surface area contributed by atoms with Gasteiger partial charge in [0.05, 0.1) is 12.5 Å². The molecule has 1 aromatic heterocycles. The average Bonchev–Trinajstić information content (AvgIpc) is 2.81. The van der Waals surface area contributed by atoms with E-state index in [2.05, 4.69) is 15.0 Å². The largest absolute Gasteiger partial charge is 0.458 e. The Morgan fingerprint density at radius 3 is 2.88 bits per heavy atom. The lowest BCUT2D eigenvalue weighted by atomic mass is 9.97. The third kappa shape index (κ3) is 3.43. The summed E-state index contributed by atoms with van der Waals surface area (Å²) in [7, 11) is 0. The zero-order valence-corrected chi connectivity index (χ0v) is 14.1. The summed E-state index contributed by atoms with van der Waals surface area (Å²) in [6, 6.07) is 1.40. The third-order valence-corrected chi connectivity index (χ3v) is 3.98. The number of aromatic nitrogens is 2. The highest BCUT2D eigenvalue weighted by atomic mass is 16.6. The number of aliphatic hydroxyl groups is 1. The van der Waals surface area contributed by atoms with E-state index in [1.165, 1.54) is 12.3 Å². The number of carbonyl (C=O) groups is 1. The van der Waals surface area contributed by atoms with Gasteiger partial charge in [0.2, 0.25) is 5.72 Å². The van der Waals surface area contributed by atoms with E-state index in [1.54, 1.807) is 20.8 Å². The minimum Gasteiger partial charge on any atom is -0.458 e. The molecule has 4 unspecified atom stereocenters. The van der Waals surface area contributed by atoms with E-state index in [0.29, 0.717) is 0 Å². The molecule has 0 saturated carbocycles. The maximum absolute atomic E-state index is 12.1. The topological polar surface area (TPSA) is 165 Å². The summed E-state index contributed by atoms with van der Waals surface area (Å²) in [4.78, 5) is 30.4. The fraction of sp³-hybridized carbons (Fsp3) is 0.643. The Morgan fingerprint density at radius 1 is 1.68 bits per heavy atom. The van der Waals surface area contributed by atoms with Crippen LogP contribution in [0.1, 0.15) is 27.0 Å². The molecule has 2 heterocycles. The first-order valence-electron chi connectivity index (χ1n) is 7.66. The highest BCUT2D eigenvalue weighted by Crippen LogP contribution is 2.43. The summed E-state index contributed by atoms with van der Waals surface area (Å²) in [5.41, 5.74) is 11.8. The number of rotatable bonds is 5. The Kier molecular flexibility index (Phi) is 5.31. The SMILES string of the molecule is CC(C)C(=O)OC1C(C)C(n2ccc(N)nc2=O)OC1(CO)N=[N+]=[N-].